The number of rotatable bonds is 7. The molecule has 0 aliphatic carbocycles. The van der Waals surface area contributed by atoms with E-state index in [4.69, 9.17) is 10.5 Å². The van der Waals surface area contributed by atoms with Crippen molar-refractivity contribution in [1.29, 1.82) is 0 Å². The maximum Gasteiger partial charge on any atom is 0.338 e. The summed E-state index contributed by atoms with van der Waals surface area (Å²) in [7, 11) is 0. The lowest BCUT2D eigenvalue weighted by molar-refractivity contribution is 0.0474. The van der Waals surface area contributed by atoms with Gasteiger partial charge in [0.25, 0.3) is 0 Å². The Morgan fingerprint density at radius 3 is 2.29 bits per heavy atom. The second kappa shape index (κ2) is 9.25. The SMILES string of the molecule is Cc1cc(C(=O)COC(=O)c2ccc(NC(N)=O)cc2)c(C)n1Cc1ccc(F)cc1. The zero-order valence-electron chi connectivity index (χ0n) is 17.1. The molecule has 31 heavy (non-hydrogen) atoms. The van der Waals surface area contributed by atoms with Gasteiger partial charge in [-0.05, 0) is 61.9 Å². The minimum atomic E-state index is -0.710. The molecule has 2 aromatic carbocycles. The third-order valence-corrected chi connectivity index (χ3v) is 4.85. The van der Waals surface area contributed by atoms with Crippen molar-refractivity contribution in [2.24, 2.45) is 5.73 Å². The molecule has 1 heterocycles. The summed E-state index contributed by atoms with van der Waals surface area (Å²) in [5, 5.41) is 2.39. The van der Waals surface area contributed by atoms with Crippen LogP contribution < -0.4 is 11.1 Å². The molecule has 8 heteroatoms. The molecular weight excluding hydrogens is 401 g/mol. The number of nitrogens with zero attached hydrogens (tertiary/aromatic N) is 1. The number of benzene rings is 2. The van der Waals surface area contributed by atoms with Gasteiger partial charge in [-0.3, -0.25) is 4.79 Å². The van der Waals surface area contributed by atoms with Gasteiger partial charge in [0.2, 0.25) is 5.78 Å². The van der Waals surface area contributed by atoms with Crippen LogP contribution in [0.4, 0.5) is 14.9 Å². The molecule has 3 rings (SSSR count). The first kappa shape index (κ1) is 21.8. The summed E-state index contributed by atoms with van der Waals surface area (Å²) in [6.45, 7) is 3.79. The molecule has 160 valence electrons. The molecule has 0 saturated carbocycles. The highest BCUT2D eigenvalue weighted by molar-refractivity contribution is 6.00. The summed E-state index contributed by atoms with van der Waals surface area (Å²) in [5.41, 5.74) is 8.70. The number of primary amides is 1. The van der Waals surface area contributed by atoms with Crippen LogP contribution in [0.25, 0.3) is 0 Å². The molecular formula is C23H22FN3O4. The number of halogens is 1. The van der Waals surface area contributed by atoms with Crippen LogP contribution in [0.15, 0.2) is 54.6 Å². The van der Waals surface area contributed by atoms with Gasteiger partial charge in [0.1, 0.15) is 5.82 Å². The first-order chi connectivity index (χ1) is 14.7. The van der Waals surface area contributed by atoms with E-state index in [2.05, 4.69) is 5.32 Å². The molecule has 2 amide bonds. The van der Waals surface area contributed by atoms with E-state index in [-0.39, 0.29) is 17.2 Å². The Labute approximate surface area is 178 Å². The average Bonchev–Trinajstić information content (AvgIpc) is 3.01. The number of aryl methyl sites for hydroxylation is 1. The number of carbonyl (C=O) groups excluding carboxylic acids is 3. The average molecular weight is 423 g/mol. The first-order valence-electron chi connectivity index (χ1n) is 9.52. The number of nitrogens with one attached hydrogen (secondary N) is 1. The lowest BCUT2D eigenvalue weighted by Gasteiger charge is -2.10. The van der Waals surface area contributed by atoms with Crippen molar-refractivity contribution in [3.63, 3.8) is 0 Å². The van der Waals surface area contributed by atoms with Gasteiger partial charge in [0.05, 0.1) is 5.56 Å². The number of nitrogens with two attached hydrogens (primary N) is 1. The maximum absolute atomic E-state index is 13.1. The predicted molar refractivity (Wildman–Crippen MR) is 114 cm³/mol. The minimum Gasteiger partial charge on any atom is -0.454 e. The fourth-order valence-corrected chi connectivity index (χ4v) is 3.22. The molecule has 0 bridgehead atoms. The van der Waals surface area contributed by atoms with E-state index in [1.807, 2.05) is 18.4 Å². The topological polar surface area (TPSA) is 103 Å². The van der Waals surface area contributed by atoms with Crippen LogP contribution in [0.2, 0.25) is 0 Å². The van der Waals surface area contributed by atoms with Gasteiger partial charge in [0, 0.05) is 29.2 Å². The Hall–Kier alpha value is -3.94. The summed E-state index contributed by atoms with van der Waals surface area (Å²) in [5.74, 6) is -1.28. The van der Waals surface area contributed by atoms with Crippen molar-refractivity contribution in [1.82, 2.24) is 4.57 Å². The van der Waals surface area contributed by atoms with Crippen LogP contribution in [0.5, 0.6) is 0 Å². The summed E-state index contributed by atoms with van der Waals surface area (Å²) in [4.78, 5) is 35.7. The van der Waals surface area contributed by atoms with Crippen LogP contribution in [-0.2, 0) is 11.3 Å². The van der Waals surface area contributed by atoms with E-state index in [9.17, 15) is 18.8 Å². The van der Waals surface area contributed by atoms with Gasteiger partial charge in [-0.25, -0.2) is 14.0 Å². The lowest BCUT2D eigenvalue weighted by Crippen LogP contribution is -2.19. The Morgan fingerprint density at radius 1 is 1.03 bits per heavy atom. The molecule has 0 aliphatic rings. The maximum atomic E-state index is 13.1. The number of anilines is 1. The lowest BCUT2D eigenvalue weighted by atomic mass is 10.1. The summed E-state index contributed by atoms with van der Waals surface area (Å²) >= 11 is 0. The molecule has 0 saturated heterocycles. The number of ketones is 1. The van der Waals surface area contributed by atoms with Gasteiger partial charge in [-0.2, -0.15) is 0 Å². The number of hydrogen-bond donors (Lipinski definition) is 2. The van der Waals surface area contributed by atoms with Crippen molar-refractivity contribution in [3.05, 3.63) is 88.5 Å². The van der Waals surface area contributed by atoms with Gasteiger partial charge in [-0.15, -0.1) is 0 Å². The van der Waals surface area contributed by atoms with Crippen LogP contribution >= 0.6 is 0 Å². The first-order valence-corrected chi connectivity index (χ1v) is 9.52. The molecule has 1 aromatic heterocycles. The predicted octanol–water partition coefficient (Wildman–Crippen LogP) is 3.82. The molecule has 0 aliphatic heterocycles. The van der Waals surface area contributed by atoms with E-state index in [0.717, 1.165) is 17.0 Å². The van der Waals surface area contributed by atoms with Gasteiger partial charge < -0.3 is 20.4 Å². The number of esters is 1. The van der Waals surface area contributed by atoms with Crippen LogP contribution in [0, 0.1) is 19.7 Å². The fraction of sp³-hybridized carbons (Fsp3) is 0.174. The molecule has 0 spiro atoms. The summed E-state index contributed by atoms with van der Waals surface area (Å²) < 4.78 is 20.2. The molecule has 3 aromatic rings. The van der Waals surface area contributed by atoms with Crippen LogP contribution in [-0.4, -0.2) is 29.0 Å². The van der Waals surface area contributed by atoms with Crippen molar-refractivity contribution in [3.8, 4) is 0 Å². The third kappa shape index (κ3) is 5.36. The second-order valence-electron chi connectivity index (χ2n) is 7.06. The van der Waals surface area contributed by atoms with E-state index < -0.39 is 18.6 Å². The van der Waals surface area contributed by atoms with Crippen LogP contribution in [0.1, 0.15) is 37.7 Å². The number of Topliss-reactive ketones (excluding diaryl/α,β-unsaturated/α-hetero) is 1. The number of ether oxygens (including phenoxy) is 1. The highest BCUT2D eigenvalue weighted by Gasteiger charge is 2.18. The smallest absolute Gasteiger partial charge is 0.338 e. The fourth-order valence-electron chi connectivity index (χ4n) is 3.22. The Morgan fingerprint density at radius 2 is 1.68 bits per heavy atom. The molecule has 7 nitrogen and oxygen atoms in total. The second-order valence-corrected chi connectivity index (χ2v) is 7.06. The number of hydrogen-bond acceptors (Lipinski definition) is 4. The highest BCUT2D eigenvalue weighted by Crippen LogP contribution is 2.19. The number of carbonyl (C=O) groups is 3. The number of aromatic nitrogens is 1. The van der Waals surface area contributed by atoms with E-state index in [0.29, 0.717) is 17.8 Å². The van der Waals surface area contributed by atoms with Gasteiger partial charge in [0.15, 0.2) is 6.61 Å². The van der Waals surface area contributed by atoms with Crippen molar-refractivity contribution in [2.45, 2.75) is 20.4 Å². The number of amides is 2. The number of urea groups is 1. The largest absolute Gasteiger partial charge is 0.454 e. The van der Waals surface area contributed by atoms with E-state index >= 15 is 0 Å². The van der Waals surface area contributed by atoms with Crippen molar-refractivity contribution in [2.75, 3.05) is 11.9 Å². The van der Waals surface area contributed by atoms with E-state index in [1.54, 1.807) is 18.2 Å². The molecule has 3 N–H and O–H groups in total. The Bertz CT molecular complexity index is 1120. The van der Waals surface area contributed by atoms with Gasteiger partial charge >= 0.3 is 12.0 Å². The van der Waals surface area contributed by atoms with Crippen molar-refractivity contribution < 1.29 is 23.5 Å². The molecule has 0 atom stereocenters. The molecule has 0 radical (unpaired) electrons. The van der Waals surface area contributed by atoms with Gasteiger partial charge in [-0.1, -0.05) is 12.1 Å². The zero-order chi connectivity index (χ0) is 22.5. The minimum absolute atomic E-state index is 0.240. The van der Waals surface area contributed by atoms with E-state index in [1.165, 1.54) is 36.4 Å². The van der Waals surface area contributed by atoms with Crippen LogP contribution in [0.3, 0.4) is 0 Å². The highest BCUT2D eigenvalue weighted by atomic mass is 19.1. The Balaban J connectivity index is 1.64. The monoisotopic (exact) mass is 423 g/mol. The molecule has 0 unspecified atom stereocenters. The summed E-state index contributed by atoms with van der Waals surface area (Å²) in [6, 6.07) is 13.2. The standard InChI is InChI=1S/C23H22FN3O4/c1-14-11-20(15(2)27(14)12-16-3-7-18(24)8-4-16)21(28)13-31-22(29)17-5-9-19(10-6-17)26-23(25)30/h3-11H,12-13H2,1-2H3,(H3,25,26,30). The quantitative estimate of drug-likeness (QED) is 0.445. The normalized spacial score (nSPS) is 10.5. The summed E-state index contributed by atoms with van der Waals surface area (Å²) in [6.07, 6.45) is 0. The Kier molecular flexibility index (Phi) is 6.49. The third-order valence-electron chi connectivity index (χ3n) is 4.85. The molecule has 0 fully saturated rings. The zero-order valence-corrected chi connectivity index (χ0v) is 17.1. The van der Waals surface area contributed by atoms with Crippen molar-refractivity contribution >= 4 is 23.5 Å².